The van der Waals surface area contributed by atoms with Gasteiger partial charge in [-0.15, -0.1) is 24.5 Å². The highest BCUT2D eigenvalue weighted by Crippen LogP contribution is 2.78. The lowest BCUT2D eigenvalue weighted by Crippen LogP contribution is -2.67. The summed E-state index contributed by atoms with van der Waals surface area (Å²) >= 11 is 1.06. The topological polar surface area (TPSA) is 104 Å². The Bertz CT molecular complexity index is 2440. The second-order valence-electron chi connectivity index (χ2n) is 17.9. The number of aliphatic hydroxyl groups excluding tert-OH is 1. The molecule has 0 amide bonds. The van der Waals surface area contributed by atoms with Crippen molar-refractivity contribution < 1.29 is 41.3 Å². The molecule has 6 aliphatic rings. The molecule has 3 aromatic carbocycles. The standard InChI is InChI=1S/C47H48F3NO6S2/c1-42-21-18-33(52)27-44(42)24-25-46(37(28-44)41(53)36-12-7-6-11-35(36)32-9-4-3-5-10-32)38(42)19-22-43(2)39(46)20-23-45(43,54)30-51(59(55,56)40-13-8-26-58-40)29-31-14-16-34(17-15-31)57-47(48,49)50/h3-17,24-26,28,33,38-39,52,54H,18-23,27,29-30H2,1-2H3. The van der Waals surface area contributed by atoms with Crippen molar-refractivity contribution in [2.75, 3.05) is 6.54 Å². The molecular formula is C47H48F3NO6S2. The number of hydrogen-bond donors (Lipinski definition) is 2. The van der Waals surface area contributed by atoms with Gasteiger partial charge < -0.3 is 14.9 Å². The van der Waals surface area contributed by atoms with Crippen molar-refractivity contribution in [1.29, 1.82) is 0 Å². The van der Waals surface area contributed by atoms with Gasteiger partial charge >= 0.3 is 6.36 Å². The molecule has 7 nitrogen and oxygen atoms in total. The van der Waals surface area contributed by atoms with Crippen LogP contribution in [0.5, 0.6) is 5.75 Å². The van der Waals surface area contributed by atoms with Gasteiger partial charge in [-0.3, -0.25) is 4.79 Å². The van der Waals surface area contributed by atoms with E-state index in [9.17, 15) is 31.8 Å². The largest absolute Gasteiger partial charge is 0.573 e. The number of carbonyl (C=O) groups is 1. The Hall–Kier alpha value is -4.07. The number of benzene rings is 3. The van der Waals surface area contributed by atoms with E-state index in [2.05, 4.69) is 36.8 Å². The summed E-state index contributed by atoms with van der Waals surface area (Å²) in [5.41, 5.74) is -0.457. The number of thiophene rings is 1. The van der Waals surface area contributed by atoms with E-state index in [4.69, 9.17) is 0 Å². The minimum Gasteiger partial charge on any atom is -0.406 e. The summed E-state index contributed by atoms with van der Waals surface area (Å²) in [4.78, 5) is 15.5. The normalized spacial score (nSPS) is 33.6. The van der Waals surface area contributed by atoms with Crippen molar-refractivity contribution in [2.24, 2.45) is 33.5 Å². The third kappa shape index (κ3) is 6.22. The third-order valence-corrected chi connectivity index (χ3v) is 18.4. The number of ether oxygens (including phenoxy) is 1. The number of sulfonamides is 1. The van der Waals surface area contributed by atoms with Gasteiger partial charge in [-0.2, -0.15) is 4.31 Å². The summed E-state index contributed by atoms with van der Waals surface area (Å²) in [5.74, 6) is -0.692. The highest BCUT2D eigenvalue weighted by Gasteiger charge is 2.74. The summed E-state index contributed by atoms with van der Waals surface area (Å²) < 4.78 is 73.2. The molecule has 8 atom stereocenters. The van der Waals surface area contributed by atoms with Crippen molar-refractivity contribution in [3.63, 3.8) is 0 Å². The predicted molar refractivity (Wildman–Crippen MR) is 220 cm³/mol. The van der Waals surface area contributed by atoms with Crippen LogP contribution in [-0.2, 0) is 16.6 Å². The van der Waals surface area contributed by atoms with Gasteiger partial charge in [-0.1, -0.05) is 105 Å². The molecule has 2 bridgehead atoms. The number of rotatable bonds is 10. The van der Waals surface area contributed by atoms with Crippen LogP contribution in [0.1, 0.15) is 74.7 Å². The first kappa shape index (κ1) is 40.3. The number of Topliss-reactive ketones (excluding diaryl/α,β-unsaturated/α-hetero) is 1. The molecule has 4 aromatic rings. The average molecular weight is 844 g/mol. The Morgan fingerprint density at radius 2 is 1.54 bits per heavy atom. The Morgan fingerprint density at radius 3 is 2.25 bits per heavy atom. The van der Waals surface area contributed by atoms with E-state index in [0.717, 1.165) is 41.0 Å². The molecule has 12 heteroatoms. The van der Waals surface area contributed by atoms with E-state index in [-0.39, 0.29) is 46.8 Å². The van der Waals surface area contributed by atoms with Crippen LogP contribution >= 0.6 is 11.3 Å². The monoisotopic (exact) mass is 843 g/mol. The molecule has 2 spiro atoms. The van der Waals surface area contributed by atoms with Crippen LogP contribution in [0, 0.1) is 33.5 Å². The third-order valence-electron chi connectivity index (χ3n) is 15.3. The van der Waals surface area contributed by atoms with E-state index in [1.807, 2.05) is 54.6 Å². The number of halogens is 3. The van der Waals surface area contributed by atoms with Gasteiger partial charge in [0.25, 0.3) is 10.0 Å². The van der Waals surface area contributed by atoms with Gasteiger partial charge in [0, 0.05) is 40.5 Å². The van der Waals surface area contributed by atoms with E-state index in [1.165, 1.54) is 22.5 Å². The molecule has 310 valence electrons. The van der Waals surface area contributed by atoms with Gasteiger partial charge in [0.2, 0.25) is 0 Å². The van der Waals surface area contributed by atoms with E-state index >= 15 is 4.79 Å². The second kappa shape index (κ2) is 14.0. The predicted octanol–water partition coefficient (Wildman–Crippen LogP) is 9.98. The molecule has 59 heavy (non-hydrogen) atoms. The smallest absolute Gasteiger partial charge is 0.406 e. The maximum atomic E-state index is 15.5. The maximum absolute atomic E-state index is 15.5. The average Bonchev–Trinajstić information content (AvgIpc) is 3.85. The second-order valence-corrected chi connectivity index (χ2v) is 21.1. The van der Waals surface area contributed by atoms with Crippen molar-refractivity contribution in [2.45, 2.75) is 87.6 Å². The minimum atomic E-state index is -4.87. The Balaban J connectivity index is 1.13. The molecule has 3 saturated carbocycles. The van der Waals surface area contributed by atoms with Crippen LogP contribution in [0.15, 0.2) is 124 Å². The van der Waals surface area contributed by atoms with Gasteiger partial charge in [-0.05, 0) is 102 Å². The van der Waals surface area contributed by atoms with Gasteiger partial charge in [0.15, 0.2) is 5.78 Å². The fourth-order valence-electron chi connectivity index (χ4n) is 12.3. The maximum Gasteiger partial charge on any atom is 0.573 e. The van der Waals surface area contributed by atoms with E-state index < -0.39 is 50.1 Å². The quantitative estimate of drug-likeness (QED) is 0.122. The van der Waals surface area contributed by atoms with Crippen LogP contribution in [0.4, 0.5) is 13.2 Å². The lowest BCUT2D eigenvalue weighted by atomic mass is 9.32. The lowest BCUT2D eigenvalue weighted by Gasteiger charge is -2.71. The Morgan fingerprint density at radius 1 is 0.864 bits per heavy atom. The molecule has 6 aliphatic carbocycles. The molecule has 0 radical (unpaired) electrons. The Kier molecular flexibility index (Phi) is 9.56. The minimum absolute atomic E-state index is 0.0316. The van der Waals surface area contributed by atoms with Crippen LogP contribution < -0.4 is 4.74 Å². The first-order valence-corrected chi connectivity index (χ1v) is 22.7. The lowest BCUT2D eigenvalue weighted by molar-refractivity contribution is -0.274. The number of fused-ring (bicyclic) bond motifs is 1. The van der Waals surface area contributed by atoms with Crippen LogP contribution in [0.25, 0.3) is 11.1 Å². The molecule has 8 unspecified atom stereocenters. The van der Waals surface area contributed by atoms with Crippen LogP contribution in [0.3, 0.4) is 0 Å². The first-order chi connectivity index (χ1) is 27.9. The molecule has 10 rings (SSSR count). The zero-order valence-corrected chi connectivity index (χ0v) is 34.6. The fourth-order valence-corrected chi connectivity index (χ4v) is 15.0. The SMILES string of the molecule is CC12CCC(O)CC13C=CC1(C(C(=O)c4ccccc4-c4ccccc4)=C3)C2CCC2(C)C1CCC2(O)CN(Cc1ccc(OC(F)(F)F)cc1)S(=O)(=O)c1cccs1. The van der Waals surface area contributed by atoms with Crippen molar-refractivity contribution in [1.82, 2.24) is 4.31 Å². The first-order valence-electron chi connectivity index (χ1n) is 20.4. The highest BCUT2D eigenvalue weighted by atomic mass is 32.2. The number of allylic oxidation sites excluding steroid dienone is 4. The van der Waals surface area contributed by atoms with Crippen molar-refractivity contribution in [3.05, 3.63) is 131 Å². The number of nitrogens with zero attached hydrogens (tertiary/aromatic N) is 1. The summed E-state index contributed by atoms with van der Waals surface area (Å²) in [5, 5.41) is 26.0. The number of alkyl halides is 3. The molecule has 0 aliphatic heterocycles. The molecule has 1 heterocycles. The van der Waals surface area contributed by atoms with E-state index in [1.54, 1.807) is 11.4 Å². The summed E-state index contributed by atoms with van der Waals surface area (Å²) in [6.07, 6.45) is 5.38. The molecule has 1 aromatic heterocycles. The molecule has 3 fully saturated rings. The van der Waals surface area contributed by atoms with Crippen molar-refractivity contribution >= 4 is 27.1 Å². The van der Waals surface area contributed by atoms with Crippen LogP contribution in [0.2, 0.25) is 0 Å². The molecule has 0 saturated heterocycles. The number of ketones is 1. The Labute approximate surface area is 347 Å². The molecule has 2 N–H and O–H groups in total. The number of carbonyl (C=O) groups excluding carboxylic acids is 1. The van der Waals surface area contributed by atoms with Gasteiger partial charge in [0.1, 0.15) is 9.96 Å². The zero-order chi connectivity index (χ0) is 41.6. The highest BCUT2D eigenvalue weighted by molar-refractivity contribution is 7.91. The summed E-state index contributed by atoms with van der Waals surface area (Å²) in [6.45, 7) is 3.95. The van der Waals surface area contributed by atoms with Crippen LogP contribution in [-0.4, -0.2) is 53.3 Å². The van der Waals surface area contributed by atoms with E-state index in [0.29, 0.717) is 48.8 Å². The number of hydrogen-bond acceptors (Lipinski definition) is 7. The molecular weight excluding hydrogens is 796 g/mol. The summed E-state index contributed by atoms with van der Waals surface area (Å²) in [6, 6.07) is 25.8. The summed E-state index contributed by atoms with van der Waals surface area (Å²) in [7, 11) is -4.17. The zero-order valence-electron chi connectivity index (χ0n) is 33.0. The fraction of sp³-hybridized carbons (Fsp3) is 0.426. The van der Waals surface area contributed by atoms with Gasteiger partial charge in [-0.25, -0.2) is 8.42 Å². The van der Waals surface area contributed by atoms with Gasteiger partial charge in [0.05, 0.1) is 11.7 Å². The van der Waals surface area contributed by atoms with Crippen molar-refractivity contribution in [3.8, 4) is 16.9 Å². The number of aliphatic hydroxyl groups is 2.